The Hall–Kier alpha value is -2.21. The summed E-state index contributed by atoms with van der Waals surface area (Å²) in [5.41, 5.74) is 5.57. The molecular weight excluding hydrogens is 305 g/mol. The average Bonchev–Trinajstić information content (AvgIpc) is 2.43. The molecular formula is C14H10ClF3N2O. The van der Waals surface area contributed by atoms with Gasteiger partial charge in [0.15, 0.2) is 17.5 Å². The van der Waals surface area contributed by atoms with E-state index in [0.717, 1.165) is 12.1 Å². The zero-order chi connectivity index (χ0) is 15.6. The van der Waals surface area contributed by atoms with Gasteiger partial charge in [0.1, 0.15) is 6.04 Å². The molecule has 0 heterocycles. The summed E-state index contributed by atoms with van der Waals surface area (Å²) in [4.78, 5) is 11.5. The van der Waals surface area contributed by atoms with E-state index in [1.54, 1.807) is 24.3 Å². The maximum Gasteiger partial charge on any atom is 0.244 e. The fraction of sp³-hybridized carbons (Fsp3) is 0.0714. The molecule has 0 radical (unpaired) electrons. The molecule has 2 rings (SSSR count). The van der Waals surface area contributed by atoms with Gasteiger partial charge in [-0.2, -0.15) is 0 Å². The smallest absolute Gasteiger partial charge is 0.244 e. The molecule has 0 fully saturated rings. The van der Waals surface area contributed by atoms with E-state index in [2.05, 4.69) is 5.32 Å². The molecule has 21 heavy (non-hydrogen) atoms. The standard InChI is InChI=1S/C14H10ClF3N2O/c15-8-1-3-9(4-2-8)20-13(14(19)21)7-5-10(16)12(18)11(17)6-7/h1-6,13,20H,(H2,19,21). The molecule has 2 aromatic rings. The topological polar surface area (TPSA) is 55.1 Å². The average molecular weight is 315 g/mol. The third-order valence-corrected chi connectivity index (χ3v) is 3.03. The first-order chi connectivity index (χ1) is 9.88. The summed E-state index contributed by atoms with van der Waals surface area (Å²) >= 11 is 5.73. The quantitative estimate of drug-likeness (QED) is 0.850. The number of nitrogens with two attached hydrogens (primary N) is 1. The van der Waals surface area contributed by atoms with Crippen molar-refractivity contribution in [2.75, 3.05) is 5.32 Å². The number of hydrogen-bond donors (Lipinski definition) is 2. The number of rotatable bonds is 4. The maximum atomic E-state index is 13.2. The first kappa shape index (κ1) is 15.2. The fourth-order valence-corrected chi connectivity index (χ4v) is 1.90. The second kappa shape index (κ2) is 6.05. The summed E-state index contributed by atoms with van der Waals surface area (Å²) in [6.07, 6.45) is 0. The first-order valence-corrected chi connectivity index (χ1v) is 6.22. The Kier molecular flexibility index (Phi) is 4.37. The highest BCUT2D eigenvalue weighted by Crippen LogP contribution is 2.24. The van der Waals surface area contributed by atoms with E-state index in [9.17, 15) is 18.0 Å². The Morgan fingerprint density at radius 3 is 2.10 bits per heavy atom. The summed E-state index contributed by atoms with van der Waals surface area (Å²) in [5.74, 6) is -5.26. The van der Waals surface area contributed by atoms with E-state index in [-0.39, 0.29) is 5.56 Å². The van der Waals surface area contributed by atoms with Crippen molar-refractivity contribution in [3.05, 3.63) is 64.4 Å². The molecule has 0 bridgehead atoms. The van der Waals surface area contributed by atoms with Crippen LogP contribution in [0.1, 0.15) is 11.6 Å². The van der Waals surface area contributed by atoms with Crippen LogP contribution in [0.2, 0.25) is 5.02 Å². The molecule has 0 saturated carbocycles. The number of halogens is 4. The number of benzene rings is 2. The normalized spacial score (nSPS) is 12.0. The van der Waals surface area contributed by atoms with Crippen LogP contribution < -0.4 is 11.1 Å². The number of nitrogens with one attached hydrogen (secondary N) is 1. The minimum atomic E-state index is -1.60. The van der Waals surface area contributed by atoms with Crippen LogP contribution in [0, 0.1) is 17.5 Å². The number of carbonyl (C=O) groups is 1. The van der Waals surface area contributed by atoms with Crippen LogP contribution in [0.5, 0.6) is 0 Å². The highest BCUT2D eigenvalue weighted by molar-refractivity contribution is 6.30. The molecule has 3 N–H and O–H groups in total. The molecule has 1 amide bonds. The Bertz CT molecular complexity index is 653. The monoisotopic (exact) mass is 314 g/mol. The van der Waals surface area contributed by atoms with E-state index < -0.39 is 29.4 Å². The molecule has 0 aliphatic carbocycles. The fourth-order valence-electron chi connectivity index (χ4n) is 1.77. The van der Waals surface area contributed by atoms with Gasteiger partial charge in [-0.25, -0.2) is 13.2 Å². The van der Waals surface area contributed by atoms with Crippen LogP contribution in [0.3, 0.4) is 0 Å². The highest BCUT2D eigenvalue weighted by atomic mass is 35.5. The second-order valence-corrected chi connectivity index (χ2v) is 4.72. The first-order valence-electron chi connectivity index (χ1n) is 5.84. The highest BCUT2D eigenvalue weighted by Gasteiger charge is 2.21. The SMILES string of the molecule is NC(=O)C(Nc1ccc(Cl)cc1)c1cc(F)c(F)c(F)c1. The Balaban J connectivity index is 2.35. The Morgan fingerprint density at radius 1 is 1.10 bits per heavy atom. The van der Waals surface area contributed by atoms with Crippen molar-refractivity contribution in [3.63, 3.8) is 0 Å². The number of carbonyl (C=O) groups excluding carboxylic acids is 1. The predicted octanol–water partition coefficient (Wildman–Crippen LogP) is 3.40. The van der Waals surface area contributed by atoms with Gasteiger partial charge in [0.2, 0.25) is 5.91 Å². The summed E-state index contributed by atoms with van der Waals surface area (Å²) in [6, 6.07) is 6.48. The molecule has 0 aromatic heterocycles. The lowest BCUT2D eigenvalue weighted by Gasteiger charge is -2.17. The lowest BCUT2D eigenvalue weighted by molar-refractivity contribution is -0.118. The van der Waals surface area contributed by atoms with Gasteiger partial charge >= 0.3 is 0 Å². The van der Waals surface area contributed by atoms with Crippen molar-refractivity contribution in [1.29, 1.82) is 0 Å². The third kappa shape index (κ3) is 3.46. The van der Waals surface area contributed by atoms with Crippen LogP contribution in [-0.2, 0) is 4.79 Å². The zero-order valence-electron chi connectivity index (χ0n) is 10.5. The van der Waals surface area contributed by atoms with Crippen LogP contribution in [0.25, 0.3) is 0 Å². The van der Waals surface area contributed by atoms with Gasteiger partial charge in [-0.1, -0.05) is 11.6 Å². The van der Waals surface area contributed by atoms with Gasteiger partial charge < -0.3 is 11.1 Å². The summed E-state index contributed by atoms with van der Waals surface area (Å²) in [5, 5.41) is 3.19. The van der Waals surface area contributed by atoms with E-state index in [4.69, 9.17) is 17.3 Å². The van der Waals surface area contributed by atoms with Gasteiger partial charge in [0, 0.05) is 10.7 Å². The molecule has 1 atom stereocenters. The van der Waals surface area contributed by atoms with E-state index in [1.165, 1.54) is 0 Å². The van der Waals surface area contributed by atoms with Gasteiger partial charge in [-0.15, -0.1) is 0 Å². The molecule has 0 saturated heterocycles. The van der Waals surface area contributed by atoms with Crippen LogP contribution >= 0.6 is 11.6 Å². The van der Waals surface area contributed by atoms with Crippen molar-refractivity contribution >= 4 is 23.2 Å². The van der Waals surface area contributed by atoms with Crippen molar-refractivity contribution in [2.45, 2.75) is 6.04 Å². The minimum Gasteiger partial charge on any atom is -0.370 e. The lowest BCUT2D eigenvalue weighted by Crippen LogP contribution is -2.28. The molecule has 2 aromatic carbocycles. The minimum absolute atomic E-state index is 0.117. The van der Waals surface area contributed by atoms with Crippen molar-refractivity contribution in [1.82, 2.24) is 0 Å². The van der Waals surface area contributed by atoms with Gasteiger partial charge in [0.05, 0.1) is 0 Å². The molecule has 7 heteroatoms. The van der Waals surface area contributed by atoms with Crippen molar-refractivity contribution in [2.24, 2.45) is 5.73 Å². The van der Waals surface area contributed by atoms with Crippen LogP contribution in [-0.4, -0.2) is 5.91 Å². The van der Waals surface area contributed by atoms with Gasteiger partial charge in [-0.3, -0.25) is 4.79 Å². The number of anilines is 1. The third-order valence-electron chi connectivity index (χ3n) is 2.78. The predicted molar refractivity (Wildman–Crippen MR) is 73.3 cm³/mol. The molecule has 0 aliphatic rings. The zero-order valence-corrected chi connectivity index (χ0v) is 11.3. The Morgan fingerprint density at radius 2 is 1.62 bits per heavy atom. The number of amides is 1. The number of primary amides is 1. The number of hydrogen-bond acceptors (Lipinski definition) is 2. The molecule has 0 aliphatic heterocycles. The van der Waals surface area contributed by atoms with E-state index in [1.807, 2.05) is 0 Å². The van der Waals surface area contributed by atoms with Crippen LogP contribution in [0.15, 0.2) is 36.4 Å². The molecule has 0 spiro atoms. The summed E-state index contributed by atoms with van der Waals surface area (Å²) < 4.78 is 39.4. The summed E-state index contributed by atoms with van der Waals surface area (Å²) in [6.45, 7) is 0. The molecule has 3 nitrogen and oxygen atoms in total. The van der Waals surface area contributed by atoms with Crippen molar-refractivity contribution in [3.8, 4) is 0 Å². The van der Waals surface area contributed by atoms with Gasteiger partial charge in [-0.05, 0) is 42.0 Å². The van der Waals surface area contributed by atoms with Crippen LogP contribution in [0.4, 0.5) is 18.9 Å². The van der Waals surface area contributed by atoms with E-state index >= 15 is 0 Å². The van der Waals surface area contributed by atoms with E-state index in [0.29, 0.717) is 10.7 Å². The summed E-state index contributed by atoms with van der Waals surface area (Å²) in [7, 11) is 0. The van der Waals surface area contributed by atoms with Crippen molar-refractivity contribution < 1.29 is 18.0 Å². The second-order valence-electron chi connectivity index (χ2n) is 4.29. The van der Waals surface area contributed by atoms with Gasteiger partial charge in [0.25, 0.3) is 0 Å². The Labute approximate surface area is 123 Å². The largest absolute Gasteiger partial charge is 0.370 e. The molecule has 110 valence electrons. The molecule has 1 unspecified atom stereocenters. The lowest BCUT2D eigenvalue weighted by atomic mass is 10.1. The maximum absolute atomic E-state index is 13.2.